The molecule has 4 rings (SSSR count). The molecule has 0 unspecified atom stereocenters. The summed E-state index contributed by atoms with van der Waals surface area (Å²) in [6.07, 6.45) is 1.56. The first kappa shape index (κ1) is 20.6. The van der Waals surface area contributed by atoms with Crippen LogP contribution in [0.1, 0.15) is 21.5 Å². The number of rotatable bonds is 7. The number of hydrogen-bond acceptors (Lipinski definition) is 6. The van der Waals surface area contributed by atoms with Crippen molar-refractivity contribution < 1.29 is 14.3 Å². The van der Waals surface area contributed by atoms with Crippen molar-refractivity contribution in [1.82, 2.24) is 9.97 Å². The number of methoxy groups -OCH3 is 1. The van der Waals surface area contributed by atoms with E-state index in [4.69, 9.17) is 9.47 Å². The van der Waals surface area contributed by atoms with Crippen molar-refractivity contribution in [2.45, 2.75) is 13.5 Å². The molecular weight excluding hydrogens is 410 g/mol. The molecule has 0 spiro atoms. The molecule has 156 valence electrons. The summed E-state index contributed by atoms with van der Waals surface area (Å²) in [6, 6.07) is 19.0. The zero-order valence-corrected chi connectivity index (χ0v) is 18.0. The average Bonchev–Trinajstić information content (AvgIpc) is 3.27. The standard InChI is InChI=1S/C24H21N3O3S/c1-16-8-9-21(29-2)19(12-16)20-15-31-24(26-20)27-23(28)18-10-11-25-22(13-18)30-14-17-6-4-3-5-7-17/h3-13,15H,14H2,1-2H3,(H,26,27,28). The van der Waals surface area contributed by atoms with Crippen molar-refractivity contribution in [2.24, 2.45) is 0 Å². The number of benzene rings is 2. The lowest BCUT2D eigenvalue weighted by atomic mass is 10.1. The zero-order chi connectivity index (χ0) is 21.6. The molecule has 0 radical (unpaired) electrons. The molecule has 0 aliphatic rings. The van der Waals surface area contributed by atoms with Crippen LogP contribution in [0, 0.1) is 6.92 Å². The molecule has 0 aliphatic heterocycles. The summed E-state index contributed by atoms with van der Waals surface area (Å²) in [5.74, 6) is 0.855. The third kappa shape index (κ3) is 5.07. The molecule has 2 aromatic carbocycles. The van der Waals surface area contributed by atoms with Gasteiger partial charge in [0.2, 0.25) is 5.88 Å². The molecule has 0 saturated carbocycles. The van der Waals surface area contributed by atoms with Gasteiger partial charge in [-0.1, -0.05) is 42.0 Å². The Morgan fingerprint density at radius 2 is 1.94 bits per heavy atom. The Balaban J connectivity index is 1.45. The number of amides is 1. The van der Waals surface area contributed by atoms with E-state index in [0.717, 1.165) is 28.1 Å². The maximum absolute atomic E-state index is 12.7. The predicted molar refractivity (Wildman–Crippen MR) is 122 cm³/mol. The van der Waals surface area contributed by atoms with Crippen LogP contribution in [0.3, 0.4) is 0 Å². The first-order chi connectivity index (χ1) is 15.1. The van der Waals surface area contributed by atoms with E-state index in [1.807, 2.05) is 60.8 Å². The van der Waals surface area contributed by atoms with Gasteiger partial charge in [-0.15, -0.1) is 11.3 Å². The Hall–Kier alpha value is -3.71. The number of nitrogens with one attached hydrogen (secondary N) is 1. The lowest BCUT2D eigenvalue weighted by molar-refractivity contribution is 0.102. The third-order valence-corrected chi connectivity index (χ3v) is 5.34. The fraction of sp³-hybridized carbons (Fsp3) is 0.125. The van der Waals surface area contributed by atoms with Crippen LogP contribution >= 0.6 is 11.3 Å². The van der Waals surface area contributed by atoms with Crippen LogP contribution in [0.2, 0.25) is 0 Å². The molecule has 4 aromatic rings. The number of aromatic nitrogens is 2. The maximum atomic E-state index is 12.7. The predicted octanol–water partition coefficient (Wildman–Crippen LogP) is 5.35. The summed E-state index contributed by atoms with van der Waals surface area (Å²) in [6.45, 7) is 2.39. The van der Waals surface area contributed by atoms with Crippen LogP contribution in [0.4, 0.5) is 5.13 Å². The molecule has 0 fully saturated rings. The summed E-state index contributed by atoms with van der Waals surface area (Å²) in [7, 11) is 1.63. The molecule has 2 aromatic heterocycles. The highest BCUT2D eigenvalue weighted by Gasteiger charge is 2.14. The minimum absolute atomic E-state index is 0.274. The van der Waals surface area contributed by atoms with Gasteiger partial charge in [0.1, 0.15) is 12.4 Å². The van der Waals surface area contributed by atoms with E-state index < -0.39 is 0 Å². The minimum atomic E-state index is -0.274. The number of thiazole rings is 1. The van der Waals surface area contributed by atoms with E-state index >= 15 is 0 Å². The Labute approximate surface area is 184 Å². The van der Waals surface area contributed by atoms with Gasteiger partial charge in [-0.05, 0) is 30.7 Å². The second-order valence-electron chi connectivity index (χ2n) is 6.85. The number of pyridine rings is 1. The topological polar surface area (TPSA) is 73.3 Å². The van der Waals surface area contributed by atoms with Gasteiger partial charge in [-0.25, -0.2) is 9.97 Å². The SMILES string of the molecule is COc1ccc(C)cc1-c1csc(NC(=O)c2ccnc(OCc3ccccc3)c2)n1. The van der Waals surface area contributed by atoms with Crippen LogP contribution in [0.15, 0.2) is 72.2 Å². The smallest absolute Gasteiger partial charge is 0.257 e. The van der Waals surface area contributed by atoms with E-state index in [1.54, 1.807) is 25.4 Å². The van der Waals surface area contributed by atoms with Gasteiger partial charge in [-0.3, -0.25) is 10.1 Å². The van der Waals surface area contributed by atoms with Gasteiger partial charge in [0.25, 0.3) is 5.91 Å². The van der Waals surface area contributed by atoms with Crippen molar-refractivity contribution in [1.29, 1.82) is 0 Å². The van der Waals surface area contributed by atoms with Crippen LogP contribution < -0.4 is 14.8 Å². The lowest BCUT2D eigenvalue weighted by Gasteiger charge is -2.08. The molecule has 31 heavy (non-hydrogen) atoms. The van der Waals surface area contributed by atoms with Gasteiger partial charge in [-0.2, -0.15) is 0 Å². The molecule has 1 amide bonds. The molecule has 0 saturated heterocycles. The Kier molecular flexibility index (Phi) is 6.24. The summed E-state index contributed by atoms with van der Waals surface area (Å²) in [4.78, 5) is 21.5. The Morgan fingerprint density at radius 3 is 2.74 bits per heavy atom. The molecule has 0 bridgehead atoms. The van der Waals surface area contributed by atoms with E-state index in [1.165, 1.54) is 11.3 Å². The number of hydrogen-bond donors (Lipinski definition) is 1. The monoisotopic (exact) mass is 431 g/mol. The maximum Gasteiger partial charge on any atom is 0.257 e. The van der Waals surface area contributed by atoms with Crippen molar-refractivity contribution >= 4 is 22.4 Å². The second-order valence-corrected chi connectivity index (χ2v) is 7.71. The molecule has 7 heteroatoms. The van der Waals surface area contributed by atoms with E-state index in [2.05, 4.69) is 15.3 Å². The van der Waals surface area contributed by atoms with E-state index in [9.17, 15) is 4.79 Å². The molecule has 1 N–H and O–H groups in total. The van der Waals surface area contributed by atoms with E-state index in [-0.39, 0.29) is 5.91 Å². The number of anilines is 1. The summed E-state index contributed by atoms with van der Waals surface area (Å²) >= 11 is 1.36. The van der Waals surface area contributed by atoms with Crippen LogP contribution in [0.5, 0.6) is 11.6 Å². The van der Waals surface area contributed by atoms with Crippen molar-refractivity contribution in [3.8, 4) is 22.9 Å². The fourth-order valence-electron chi connectivity index (χ4n) is 3.01. The van der Waals surface area contributed by atoms with Gasteiger partial charge >= 0.3 is 0 Å². The van der Waals surface area contributed by atoms with Crippen molar-refractivity contribution in [2.75, 3.05) is 12.4 Å². The number of carbonyl (C=O) groups excluding carboxylic acids is 1. The second kappa shape index (κ2) is 9.40. The van der Waals surface area contributed by atoms with Crippen LogP contribution in [-0.2, 0) is 6.61 Å². The molecular formula is C24H21N3O3S. The largest absolute Gasteiger partial charge is 0.496 e. The fourth-order valence-corrected chi connectivity index (χ4v) is 3.71. The quantitative estimate of drug-likeness (QED) is 0.427. The number of ether oxygens (including phenoxy) is 2. The van der Waals surface area contributed by atoms with Gasteiger partial charge in [0.05, 0.1) is 12.8 Å². The van der Waals surface area contributed by atoms with E-state index in [0.29, 0.717) is 23.2 Å². The normalized spacial score (nSPS) is 10.5. The molecule has 2 heterocycles. The zero-order valence-electron chi connectivity index (χ0n) is 17.2. The average molecular weight is 432 g/mol. The summed E-state index contributed by atoms with van der Waals surface area (Å²) in [5.41, 5.74) is 4.22. The lowest BCUT2D eigenvalue weighted by Crippen LogP contribution is -2.12. The summed E-state index contributed by atoms with van der Waals surface area (Å²) < 4.78 is 11.2. The third-order valence-electron chi connectivity index (χ3n) is 4.58. The first-order valence-electron chi connectivity index (χ1n) is 9.67. The number of carbonyl (C=O) groups is 1. The van der Waals surface area contributed by atoms with Gasteiger partial charge < -0.3 is 9.47 Å². The summed E-state index contributed by atoms with van der Waals surface area (Å²) in [5, 5.41) is 5.25. The minimum Gasteiger partial charge on any atom is -0.496 e. The number of nitrogens with zero attached hydrogens (tertiary/aromatic N) is 2. The van der Waals surface area contributed by atoms with Crippen LogP contribution in [-0.4, -0.2) is 23.0 Å². The highest BCUT2D eigenvalue weighted by Crippen LogP contribution is 2.33. The highest BCUT2D eigenvalue weighted by molar-refractivity contribution is 7.14. The highest BCUT2D eigenvalue weighted by atomic mass is 32.1. The Morgan fingerprint density at radius 1 is 1.10 bits per heavy atom. The molecule has 0 aliphatic carbocycles. The van der Waals surface area contributed by atoms with Crippen molar-refractivity contribution in [3.05, 3.63) is 88.9 Å². The molecule has 0 atom stereocenters. The van der Waals surface area contributed by atoms with Gasteiger partial charge in [0.15, 0.2) is 5.13 Å². The number of aryl methyl sites for hydroxylation is 1. The van der Waals surface area contributed by atoms with Gasteiger partial charge in [0, 0.05) is 28.8 Å². The van der Waals surface area contributed by atoms with Crippen molar-refractivity contribution in [3.63, 3.8) is 0 Å². The Bertz CT molecular complexity index is 1190. The first-order valence-corrected chi connectivity index (χ1v) is 10.5. The van der Waals surface area contributed by atoms with Crippen LogP contribution in [0.25, 0.3) is 11.3 Å². The molecule has 6 nitrogen and oxygen atoms in total.